The summed E-state index contributed by atoms with van der Waals surface area (Å²) in [5, 5.41) is 0. The molecule has 27 heavy (non-hydrogen) atoms. The fraction of sp³-hybridized carbons (Fsp3) is 0.650. The maximum absolute atomic E-state index is 12.5. The van der Waals surface area contributed by atoms with Gasteiger partial charge in [-0.25, -0.2) is 13.6 Å². The average Bonchev–Trinajstić information content (AvgIpc) is 2.47. The maximum Gasteiger partial charge on any atom is 0.431 e. The van der Waals surface area contributed by atoms with Crippen molar-refractivity contribution in [2.24, 2.45) is 10.8 Å². The molecule has 1 rings (SSSR count). The molecule has 0 amide bonds. The number of carbonyl (C=O) groups is 1. The molecule has 1 aromatic rings. The second-order valence-electron chi connectivity index (χ2n) is 9.01. The zero-order chi connectivity index (χ0) is 21.2. The van der Waals surface area contributed by atoms with Crippen LogP contribution in [0.5, 0.6) is 0 Å². The second-order valence-corrected chi connectivity index (χ2v) is 9.01. The van der Waals surface area contributed by atoms with E-state index >= 15 is 0 Å². The molecule has 2 unspecified atom stereocenters. The monoisotopic (exact) mass is 394 g/mol. The Morgan fingerprint density at radius 1 is 0.963 bits per heavy atom. The Morgan fingerprint density at radius 3 is 1.78 bits per heavy atom. The minimum absolute atomic E-state index is 0.0484. The molecule has 0 aliphatic heterocycles. The summed E-state index contributed by atoms with van der Waals surface area (Å²) < 4.78 is 66.7. The van der Waals surface area contributed by atoms with E-state index in [1.165, 1.54) is 12.1 Å². The van der Waals surface area contributed by atoms with Gasteiger partial charge in [-0.05, 0) is 40.9 Å². The molecule has 0 bridgehead atoms. The lowest BCUT2D eigenvalue weighted by molar-refractivity contribution is -0.236. The van der Waals surface area contributed by atoms with Crippen LogP contribution in [0.3, 0.4) is 0 Å². The van der Waals surface area contributed by atoms with Crippen LogP contribution < -0.4 is 0 Å². The van der Waals surface area contributed by atoms with E-state index < -0.39 is 24.7 Å². The Labute approximate surface area is 157 Å². The van der Waals surface area contributed by atoms with Crippen LogP contribution in [0.25, 0.3) is 0 Å². The number of hydrogen-bond donors (Lipinski definition) is 0. The third-order valence-electron chi connectivity index (χ3n) is 4.20. The molecule has 2 nitrogen and oxygen atoms in total. The highest BCUT2D eigenvalue weighted by Crippen LogP contribution is 2.43. The van der Waals surface area contributed by atoms with Crippen molar-refractivity contribution in [1.29, 1.82) is 0 Å². The minimum atomic E-state index is -5.33. The first-order valence-electron chi connectivity index (χ1n) is 8.68. The van der Waals surface area contributed by atoms with Crippen molar-refractivity contribution in [3.05, 3.63) is 35.4 Å². The quantitative estimate of drug-likeness (QED) is 0.415. The van der Waals surface area contributed by atoms with E-state index in [-0.39, 0.29) is 22.3 Å². The summed E-state index contributed by atoms with van der Waals surface area (Å²) in [5.74, 6) is -1.28. The van der Waals surface area contributed by atoms with Gasteiger partial charge in [0, 0.05) is 0 Å². The van der Waals surface area contributed by atoms with Crippen molar-refractivity contribution in [2.75, 3.05) is 0 Å². The molecule has 0 aliphatic rings. The summed E-state index contributed by atoms with van der Waals surface area (Å²) in [6, 6.07) is 5.92. The molecule has 0 fully saturated rings. The topological polar surface area (TPSA) is 26.3 Å². The maximum atomic E-state index is 12.5. The van der Waals surface area contributed by atoms with E-state index in [1.54, 1.807) is 12.1 Å². The lowest BCUT2D eigenvalue weighted by atomic mass is 9.69. The number of esters is 1. The van der Waals surface area contributed by atoms with Crippen molar-refractivity contribution in [3.8, 4) is 0 Å². The second kappa shape index (κ2) is 8.15. The third kappa shape index (κ3) is 7.11. The summed E-state index contributed by atoms with van der Waals surface area (Å²) in [6.45, 7) is 12.6. The highest BCUT2D eigenvalue weighted by Gasteiger charge is 2.49. The van der Waals surface area contributed by atoms with Crippen LogP contribution in [0.2, 0.25) is 0 Å². The van der Waals surface area contributed by atoms with Crippen molar-refractivity contribution < 1.29 is 31.5 Å². The SMILES string of the molecule is CC(C)(C)CC(c1ccc(C(=O)OC(C(F)F)C(F)(F)F)cc1)C(C)(C)C. The molecule has 0 heterocycles. The Balaban J connectivity index is 3.04. The van der Waals surface area contributed by atoms with E-state index in [0.717, 1.165) is 12.0 Å². The van der Waals surface area contributed by atoms with E-state index in [2.05, 4.69) is 46.3 Å². The van der Waals surface area contributed by atoms with Crippen molar-refractivity contribution >= 4 is 5.97 Å². The van der Waals surface area contributed by atoms with Gasteiger partial charge in [-0.15, -0.1) is 0 Å². The molecule has 0 aliphatic carbocycles. The van der Waals surface area contributed by atoms with Crippen LogP contribution in [0.15, 0.2) is 24.3 Å². The molecule has 2 atom stereocenters. The van der Waals surface area contributed by atoms with Crippen molar-refractivity contribution in [1.82, 2.24) is 0 Å². The predicted molar refractivity (Wildman–Crippen MR) is 94.0 cm³/mol. The molecule has 0 N–H and O–H groups in total. The first-order chi connectivity index (χ1) is 12.0. The largest absolute Gasteiger partial charge is 0.443 e. The molecule has 1 aromatic carbocycles. The number of ether oxygens (including phenoxy) is 1. The van der Waals surface area contributed by atoms with Crippen LogP contribution in [0.1, 0.15) is 69.8 Å². The normalized spacial score (nSPS) is 15.6. The Hall–Kier alpha value is -1.66. The van der Waals surface area contributed by atoms with Gasteiger partial charge in [-0.2, -0.15) is 13.2 Å². The van der Waals surface area contributed by atoms with Crippen molar-refractivity contribution in [3.63, 3.8) is 0 Å². The molecule has 0 radical (unpaired) electrons. The summed E-state index contributed by atoms with van der Waals surface area (Å²) in [4.78, 5) is 11.9. The van der Waals surface area contributed by atoms with Crippen LogP contribution >= 0.6 is 0 Å². The molecular weight excluding hydrogens is 367 g/mol. The number of rotatable bonds is 5. The van der Waals surface area contributed by atoms with E-state index in [4.69, 9.17) is 0 Å². The molecular formula is C20H27F5O2. The third-order valence-corrected chi connectivity index (χ3v) is 4.20. The van der Waals surface area contributed by atoms with Crippen molar-refractivity contribution in [2.45, 2.75) is 72.6 Å². The minimum Gasteiger partial charge on any atom is -0.443 e. The molecule has 0 spiro atoms. The molecule has 7 heteroatoms. The molecule has 0 aromatic heterocycles. The molecule has 0 saturated carbocycles. The van der Waals surface area contributed by atoms with Gasteiger partial charge in [0.05, 0.1) is 5.56 Å². The van der Waals surface area contributed by atoms with E-state index in [0.29, 0.717) is 0 Å². The lowest BCUT2D eigenvalue weighted by Crippen LogP contribution is -2.39. The Bertz CT molecular complexity index is 622. The zero-order valence-electron chi connectivity index (χ0n) is 16.5. The van der Waals surface area contributed by atoms with Gasteiger partial charge < -0.3 is 4.74 Å². The zero-order valence-corrected chi connectivity index (χ0v) is 16.5. The highest BCUT2D eigenvalue weighted by atomic mass is 19.4. The highest BCUT2D eigenvalue weighted by molar-refractivity contribution is 5.89. The fourth-order valence-corrected chi connectivity index (χ4v) is 2.83. The molecule has 0 saturated heterocycles. The van der Waals surface area contributed by atoms with Crippen LogP contribution in [-0.2, 0) is 4.74 Å². The summed E-state index contributed by atoms with van der Waals surface area (Å²) in [6.07, 6.45) is -11.7. The van der Waals surface area contributed by atoms with Gasteiger partial charge in [0.15, 0.2) is 0 Å². The first kappa shape index (κ1) is 23.4. The molecule has 154 valence electrons. The van der Waals surface area contributed by atoms with Gasteiger partial charge in [0.2, 0.25) is 0 Å². The van der Waals surface area contributed by atoms with Crippen LogP contribution in [0.4, 0.5) is 22.0 Å². The lowest BCUT2D eigenvalue weighted by Gasteiger charge is -2.36. The first-order valence-corrected chi connectivity index (χ1v) is 8.68. The Kier molecular flexibility index (Phi) is 7.06. The number of benzene rings is 1. The standard InChI is InChI=1S/C20H27F5O2/c1-18(2,3)11-14(19(4,5)6)12-7-9-13(10-8-12)17(26)27-15(16(21)22)20(23,24)25/h7-10,14-16H,11H2,1-6H3. The van der Waals surface area contributed by atoms with Crippen LogP contribution in [0, 0.1) is 10.8 Å². The van der Waals surface area contributed by atoms with Gasteiger partial charge >= 0.3 is 12.1 Å². The van der Waals surface area contributed by atoms with Gasteiger partial charge in [0.25, 0.3) is 12.5 Å². The van der Waals surface area contributed by atoms with E-state index in [9.17, 15) is 26.7 Å². The fourth-order valence-electron chi connectivity index (χ4n) is 2.83. The summed E-state index contributed by atoms with van der Waals surface area (Å²) in [5.41, 5.74) is 0.700. The van der Waals surface area contributed by atoms with Gasteiger partial charge in [-0.3, -0.25) is 0 Å². The summed E-state index contributed by atoms with van der Waals surface area (Å²) in [7, 11) is 0. The van der Waals surface area contributed by atoms with Gasteiger partial charge in [0.1, 0.15) is 0 Å². The van der Waals surface area contributed by atoms with Crippen LogP contribution in [-0.4, -0.2) is 24.7 Å². The number of alkyl halides is 5. The summed E-state index contributed by atoms with van der Waals surface area (Å²) >= 11 is 0. The smallest absolute Gasteiger partial charge is 0.431 e. The predicted octanol–water partition coefficient (Wildman–Crippen LogP) is 6.61. The number of carbonyl (C=O) groups excluding carboxylic acids is 1. The number of halogens is 5. The van der Waals surface area contributed by atoms with E-state index in [1.807, 2.05) is 0 Å². The average molecular weight is 394 g/mol. The number of hydrogen-bond acceptors (Lipinski definition) is 2. The van der Waals surface area contributed by atoms with Gasteiger partial charge in [-0.1, -0.05) is 53.7 Å². The Morgan fingerprint density at radius 2 is 1.44 bits per heavy atom.